The first kappa shape index (κ1) is 17.6. The summed E-state index contributed by atoms with van der Waals surface area (Å²) in [5.74, 6) is -1.73. The molecule has 21 heavy (non-hydrogen) atoms. The number of carboxylic acid groups (broad SMARTS) is 1. The van der Waals surface area contributed by atoms with Gasteiger partial charge in [0.25, 0.3) is 0 Å². The van der Waals surface area contributed by atoms with Gasteiger partial charge >= 0.3 is 5.97 Å². The average Bonchev–Trinajstić information content (AvgIpc) is 2.73. The third kappa shape index (κ3) is 5.46. The Hall–Kier alpha value is -1.43. The van der Waals surface area contributed by atoms with Crippen molar-refractivity contribution < 1.29 is 19.4 Å². The summed E-state index contributed by atoms with van der Waals surface area (Å²) in [6.07, 6.45) is -0.197. The predicted octanol–water partition coefficient (Wildman–Crippen LogP) is 2.71. The highest BCUT2D eigenvalue weighted by atomic mass is 16.8. The summed E-state index contributed by atoms with van der Waals surface area (Å²) in [5.41, 5.74) is 7.02. The van der Waals surface area contributed by atoms with Crippen LogP contribution in [-0.4, -0.2) is 29.1 Å². The molecule has 1 aromatic carbocycles. The van der Waals surface area contributed by atoms with Gasteiger partial charge in [0.15, 0.2) is 11.9 Å². The van der Waals surface area contributed by atoms with Crippen molar-refractivity contribution in [2.75, 3.05) is 0 Å². The van der Waals surface area contributed by atoms with Crippen LogP contribution in [0.25, 0.3) is 0 Å². The van der Waals surface area contributed by atoms with Crippen LogP contribution in [-0.2, 0) is 14.3 Å². The molecule has 1 unspecified atom stereocenters. The minimum Gasteiger partial charge on any atom is -0.479 e. The molecule has 5 nitrogen and oxygen atoms in total. The summed E-state index contributed by atoms with van der Waals surface area (Å²) in [6, 6.07) is 10.4. The smallest absolute Gasteiger partial charge is 0.335 e. The van der Waals surface area contributed by atoms with Crippen LogP contribution >= 0.6 is 0 Å². The van der Waals surface area contributed by atoms with Crippen molar-refractivity contribution in [2.45, 2.75) is 58.2 Å². The van der Waals surface area contributed by atoms with Crippen molar-refractivity contribution in [3.63, 3.8) is 0 Å². The van der Waals surface area contributed by atoms with Crippen molar-refractivity contribution in [1.29, 1.82) is 0 Å². The van der Waals surface area contributed by atoms with Gasteiger partial charge in [0, 0.05) is 6.04 Å². The van der Waals surface area contributed by atoms with Gasteiger partial charge in [0.1, 0.15) is 0 Å². The van der Waals surface area contributed by atoms with Crippen LogP contribution < -0.4 is 5.73 Å². The van der Waals surface area contributed by atoms with E-state index < -0.39 is 17.9 Å². The van der Waals surface area contributed by atoms with E-state index in [2.05, 4.69) is 19.1 Å². The molecule has 0 spiro atoms. The largest absolute Gasteiger partial charge is 0.479 e. The molecule has 1 aliphatic heterocycles. The number of hydrogen-bond acceptors (Lipinski definition) is 4. The Morgan fingerprint density at radius 1 is 1.33 bits per heavy atom. The van der Waals surface area contributed by atoms with Gasteiger partial charge in [0.05, 0.1) is 6.10 Å². The summed E-state index contributed by atoms with van der Waals surface area (Å²) in [4.78, 5) is 10.5. The lowest BCUT2D eigenvalue weighted by molar-refractivity contribution is -0.165. The molecule has 1 heterocycles. The molecule has 3 atom stereocenters. The van der Waals surface area contributed by atoms with Gasteiger partial charge in [-0.05, 0) is 32.8 Å². The number of carbonyl (C=O) groups is 1. The minimum atomic E-state index is -0.969. The van der Waals surface area contributed by atoms with Gasteiger partial charge in [-0.25, -0.2) is 4.79 Å². The molecule has 0 aromatic heterocycles. The highest BCUT2D eigenvalue weighted by Crippen LogP contribution is 2.27. The highest BCUT2D eigenvalue weighted by molar-refractivity contribution is 5.73. The Morgan fingerprint density at radius 2 is 1.90 bits per heavy atom. The van der Waals surface area contributed by atoms with Crippen LogP contribution in [0, 0.1) is 0 Å². The molecule has 0 radical (unpaired) electrons. The van der Waals surface area contributed by atoms with Crippen molar-refractivity contribution >= 4 is 5.97 Å². The lowest BCUT2D eigenvalue weighted by Gasteiger charge is -2.15. The van der Waals surface area contributed by atoms with E-state index in [1.807, 2.05) is 18.2 Å². The predicted molar refractivity (Wildman–Crippen MR) is 80.8 cm³/mol. The first-order chi connectivity index (χ1) is 9.76. The second kappa shape index (κ2) is 7.54. The monoisotopic (exact) mass is 295 g/mol. The number of carboxylic acids is 1. The molecule has 1 aliphatic rings. The lowest BCUT2D eigenvalue weighted by Crippen LogP contribution is -2.29. The number of aliphatic carboxylic acids is 1. The SMILES string of the molecule is CCC(N)c1ccccc1.C[C@@H]1OC(C)(C)O[C@@H]1C(=O)O. The maximum Gasteiger partial charge on any atom is 0.335 e. The van der Waals surface area contributed by atoms with E-state index >= 15 is 0 Å². The van der Waals surface area contributed by atoms with Gasteiger partial charge in [-0.1, -0.05) is 37.3 Å². The summed E-state index contributed by atoms with van der Waals surface area (Å²) in [7, 11) is 0. The fourth-order valence-electron chi connectivity index (χ4n) is 2.13. The highest BCUT2D eigenvalue weighted by Gasteiger charge is 2.42. The maximum absolute atomic E-state index is 10.5. The quantitative estimate of drug-likeness (QED) is 0.896. The van der Waals surface area contributed by atoms with Crippen LogP contribution in [0.15, 0.2) is 30.3 Å². The summed E-state index contributed by atoms with van der Waals surface area (Å²) in [5, 5.41) is 8.61. The molecule has 0 bridgehead atoms. The second-order valence-corrected chi connectivity index (χ2v) is 5.52. The zero-order valence-electron chi connectivity index (χ0n) is 13.1. The van der Waals surface area contributed by atoms with Crippen LogP contribution in [0.4, 0.5) is 0 Å². The molecule has 1 fully saturated rings. The summed E-state index contributed by atoms with van der Waals surface area (Å²) < 4.78 is 10.3. The molecule has 0 saturated carbocycles. The van der Waals surface area contributed by atoms with Crippen LogP contribution in [0.5, 0.6) is 0 Å². The molecule has 5 heteroatoms. The molecule has 2 rings (SSSR count). The number of hydrogen-bond donors (Lipinski definition) is 2. The Labute approximate surface area is 126 Å². The fraction of sp³-hybridized carbons (Fsp3) is 0.562. The van der Waals surface area contributed by atoms with Crippen molar-refractivity contribution in [3.05, 3.63) is 35.9 Å². The Bertz CT molecular complexity index is 447. The summed E-state index contributed by atoms with van der Waals surface area (Å²) >= 11 is 0. The standard InChI is InChI=1S/C9H13N.C7H12O4/c1-2-9(10)8-6-4-3-5-7-8;1-4-5(6(8)9)11-7(2,3)10-4/h3-7,9H,2,10H2,1H3;4-5H,1-3H3,(H,8,9)/t;4-,5-/m.0/s1. The molecule has 0 aliphatic carbocycles. The van der Waals surface area contributed by atoms with Gasteiger partial charge in [-0.3, -0.25) is 0 Å². The normalized spacial score (nSPS) is 24.8. The molecular formula is C16H25NO4. The van der Waals surface area contributed by atoms with Gasteiger partial charge in [0.2, 0.25) is 0 Å². The number of rotatable bonds is 3. The van der Waals surface area contributed by atoms with E-state index in [0.29, 0.717) is 0 Å². The average molecular weight is 295 g/mol. The van der Waals surface area contributed by atoms with Gasteiger partial charge in [-0.2, -0.15) is 0 Å². The Kier molecular flexibility index (Phi) is 6.33. The lowest BCUT2D eigenvalue weighted by atomic mass is 10.1. The van der Waals surface area contributed by atoms with Crippen molar-refractivity contribution in [1.82, 2.24) is 0 Å². The Morgan fingerprint density at radius 3 is 2.24 bits per heavy atom. The van der Waals surface area contributed by atoms with Gasteiger partial charge in [-0.15, -0.1) is 0 Å². The number of ether oxygens (including phenoxy) is 2. The van der Waals surface area contributed by atoms with Crippen molar-refractivity contribution in [3.8, 4) is 0 Å². The zero-order valence-corrected chi connectivity index (χ0v) is 13.1. The fourth-order valence-corrected chi connectivity index (χ4v) is 2.13. The van der Waals surface area contributed by atoms with Crippen LogP contribution in [0.1, 0.15) is 45.7 Å². The number of benzene rings is 1. The third-order valence-electron chi connectivity index (χ3n) is 3.22. The van der Waals surface area contributed by atoms with E-state index in [4.69, 9.17) is 20.3 Å². The van der Waals surface area contributed by atoms with E-state index in [9.17, 15) is 4.79 Å². The second-order valence-electron chi connectivity index (χ2n) is 5.52. The van der Waals surface area contributed by atoms with E-state index in [-0.39, 0.29) is 12.1 Å². The Balaban J connectivity index is 0.000000211. The van der Waals surface area contributed by atoms with E-state index in [1.54, 1.807) is 20.8 Å². The first-order valence-electron chi connectivity index (χ1n) is 7.15. The molecule has 118 valence electrons. The third-order valence-corrected chi connectivity index (χ3v) is 3.22. The summed E-state index contributed by atoms with van der Waals surface area (Å²) in [6.45, 7) is 7.18. The molecule has 1 saturated heterocycles. The van der Waals surface area contributed by atoms with E-state index in [1.165, 1.54) is 5.56 Å². The molecular weight excluding hydrogens is 270 g/mol. The van der Waals surface area contributed by atoms with Crippen LogP contribution in [0.3, 0.4) is 0 Å². The van der Waals surface area contributed by atoms with E-state index in [0.717, 1.165) is 6.42 Å². The zero-order chi connectivity index (χ0) is 16.0. The van der Waals surface area contributed by atoms with Crippen LogP contribution in [0.2, 0.25) is 0 Å². The maximum atomic E-state index is 10.5. The van der Waals surface area contributed by atoms with Gasteiger partial charge < -0.3 is 20.3 Å². The molecule has 3 N–H and O–H groups in total. The minimum absolute atomic E-state index is 0.209. The number of nitrogens with two attached hydrogens (primary N) is 1. The topological polar surface area (TPSA) is 81.8 Å². The van der Waals surface area contributed by atoms with Crippen molar-refractivity contribution in [2.24, 2.45) is 5.73 Å². The molecule has 0 amide bonds. The molecule has 1 aromatic rings. The first-order valence-corrected chi connectivity index (χ1v) is 7.15.